The minimum atomic E-state index is -0.274. The van der Waals surface area contributed by atoms with E-state index >= 15 is 0 Å². The summed E-state index contributed by atoms with van der Waals surface area (Å²) in [5.41, 5.74) is 1.59. The van der Waals surface area contributed by atoms with Gasteiger partial charge >= 0.3 is 0 Å². The highest BCUT2D eigenvalue weighted by molar-refractivity contribution is 6.07. The standard InChI is InChI=1S/C16H20N6O2/c1-4-10(5-2)22-9(3)12(8-17-22)16(24)19-15-11-6-7-13(23)18-14(11)20-21-15/h6-8,10H,4-5H2,1-3H3,(H3,18,19,20,21,23,24). The van der Waals surface area contributed by atoms with Gasteiger partial charge in [0.05, 0.1) is 23.2 Å². The minimum Gasteiger partial charge on any atom is -0.307 e. The molecule has 0 spiro atoms. The number of hydrogen-bond donors (Lipinski definition) is 3. The summed E-state index contributed by atoms with van der Waals surface area (Å²) in [4.78, 5) is 26.5. The van der Waals surface area contributed by atoms with E-state index < -0.39 is 0 Å². The molecule has 8 nitrogen and oxygen atoms in total. The van der Waals surface area contributed by atoms with Crippen molar-refractivity contribution in [1.82, 2.24) is 25.0 Å². The molecule has 0 bridgehead atoms. The Kier molecular flexibility index (Phi) is 4.20. The number of amides is 1. The van der Waals surface area contributed by atoms with Crippen LogP contribution in [0.3, 0.4) is 0 Å². The van der Waals surface area contributed by atoms with Crippen LogP contribution in [0.1, 0.15) is 48.8 Å². The van der Waals surface area contributed by atoms with Crippen molar-refractivity contribution in [1.29, 1.82) is 0 Å². The lowest BCUT2D eigenvalue weighted by atomic mass is 10.1. The second kappa shape index (κ2) is 6.31. The molecule has 0 unspecified atom stereocenters. The number of fused-ring (bicyclic) bond motifs is 1. The van der Waals surface area contributed by atoms with Gasteiger partial charge in [0, 0.05) is 11.8 Å². The molecule has 24 heavy (non-hydrogen) atoms. The highest BCUT2D eigenvalue weighted by Gasteiger charge is 2.19. The van der Waals surface area contributed by atoms with E-state index in [1.54, 1.807) is 12.3 Å². The number of carbonyl (C=O) groups excluding carboxylic acids is 1. The van der Waals surface area contributed by atoms with Crippen LogP contribution in [-0.4, -0.2) is 30.9 Å². The highest BCUT2D eigenvalue weighted by atomic mass is 16.2. The Morgan fingerprint density at radius 1 is 1.33 bits per heavy atom. The third-order valence-electron chi connectivity index (χ3n) is 4.26. The Labute approximate surface area is 138 Å². The van der Waals surface area contributed by atoms with Crippen molar-refractivity contribution in [2.45, 2.75) is 39.7 Å². The van der Waals surface area contributed by atoms with Gasteiger partial charge in [0.1, 0.15) is 5.65 Å². The van der Waals surface area contributed by atoms with Crippen molar-refractivity contribution < 1.29 is 4.79 Å². The molecular weight excluding hydrogens is 308 g/mol. The average molecular weight is 328 g/mol. The maximum atomic E-state index is 12.6. The summed E-state index contributed by atoms with van der Waals surface area (Å²) in [5, 5.41) is 14.5. The van der Waals surface area contributed by atoms with Crippen molar-refractivity contribution >= 4 is 22.8 Å². The van der Waals surface area contributed by atoms with Crippen LogP contribution >= 0.6 is 0 Å². The third-order valence-corrected chi connectivity index (χ3v) is 4.26. The number of aromatic nitrogens is 5. The van der Waals surface area contributed by atoms with E-state index in [0.29, 0.717) is 22.4 Å². The van der Waals surface area contributed by atoms with Crippen LogP contribution in [0.15, 0.2) is 23.1 Å². The largest absolute Gasteiger partial charge is 0.307 e. The number of nitrogens with zero attached hydrogens (tertiary/aromatic N) is 3. The van der Waals surface area contributed by atoms with Gasteiger partial charge in [0.25, 0.3) is 5.91 Å². The molecule has 3 aromatic rings. The zero-order valence-electron chi connectivity index (χ0n) is 13.9. The van der Waals surface area contributed by atoms with Gasteiger partial charge in [-0.1, -0.05) is 13.8 Å². The van der Waals surface area contributed by atoms with Crippen molar-refractivity contribution in [2.24, 2.45) is 0 Å². The molecule has 0 aromatic carbocycles. The molecule has 0 aliphatic rings. The normalized spacial score (nSPS) is 11.3. The lowest BCUT2D eigenvalue weighted by Gasteiger charge is -2.15. The molecule has 3 rings (SSSR count). The monoisotopic (exact) mass is 328 g/mol. The van der Waals surface area contributed by atoms with Crippen LogP contribution in [0.2, 0.25) is 0 Å². The fourth-order valence-electron chi connectivity index (χ4n) is 2.85. The second-order valence-electron chi connectivity index (χ2n) is 5.70. The van der Waals surface area contributed by atoms with E-state index in [9.17, 15) is 9.59 Å². The van der Waals surface area contributed by atoms with E-state index in [1.807, 2.05) is 11.6 Å². The minimum absolute atomic E-state index is 0.230. The fraction of sp³-hybridized carbons (Fsp3) is 0.375. The van der Waals surface area contributed by atoms with Gasteiger partial charge in [0.15, 0.2) is 5.82 Å². The molecule has 0 fully saturated rings. The van der Waals surface area contributed by atoms with Crippen LogP contribution < -0.4 is 10.9 Å². The van der Waals surface area contributed by atoms with Crippen molar-refractivity contribution in [3.8, 4) is 0 Å². The van der Waals surface area contributed by atoms with E-state index in [1.165, 1.54) is 6.07 Å². The number of pyridine rings is 1. The molecule has 0 saturated heterocycles. The summed E-state index contributed by atoms with van der Waals surface area (Å²) >= 11 is 0. The van der Waals surface area contributed by atoms with Gasteiger partial charge in [-0.2, -0.15) is 10.2 Å². The summed E-state index contributed by atoms with van der Waals surface area (Å²) in [6.07, 6.45) is 3.49. The van der Waals surface area contributed by atoms with Crippen LogP contribution in [0.25, 0.3) is 11.0 Å². The van der Waals surface area contributed by atoms with Crippen LogP contribution in [0, 0.1) is 6.92 Å². The molecular formula is C16H20N6O2. The third kappa shape index (κ3) is 2.70. The van der Waals surface area contributed by atoms with Crippen LogP contribution in [0.5, 0.6) is 0 Å². The predicted molar refractivity (Wildman–Crippen MR) is 91.3 cm³/mol. The van der Waals surface area contributed by atoms with Crippen LogP contribution in [-0.2, 0) is 0 Å². The Morgan fingerprint density at radius 3 is 2.79 bits per heavy atom. The Morgan fingerprint density at radius 2 is 2.08 bits per heavy atom. The maximum Gasteiger partial charge on any atom is 0.260 e. The number of H-pyrrole nitrogens is 2. The van der Waals surface area contributed by atoms with Crippen molar-refractivity contribution in [3.63, 3.8) is 0 Å². The number of aromatic amines is 2. The first-order chi connectivity index (χ1) is 11.5. The van der Waals surface area contributed by atoms with Gasteiger partial charge in [-0.15, -0.1) is 0 Å². The summed E-state index contributed by atoms with van der Waals surface area (Å²) < 4.78 is 1.90. The molecule has 0 radical (unpaired) electrons. The lowest BCUT2D eigenvalue weighted by Crippen LogP contribution is -2.15. The van der Waals surface area contributed by atoms with Gasteiger partial charge in [-0.25, -0.2) is 0 Å². The first kappa shape index (κ1) is 16.0. The molecule has 0 aliphatic heterocycles. The zero-order chi connectivity index (χ0) is 17.3. The molecule has 0 aliphatic carbocycles. The van der Waals surface area contributed by atoms with Gasteiger partial charge in [-0.3, -0.25) is 19.4 Å². The molecule has 3 heterocycles. The Hall–Kier alpha value is -2.90. The lowest BCUT2D eigenvalue weighted by molar-refractivity contribution is 0.102. The van der Waals surface area contributed by atoms with E-state index in [2.05, 4.69) is 39.4 Å². The maximum absolute atomic E-state index is 12.6. The molecule has 8 heteroatoms. The number of carbonyl (C=O) groups is 1. The van der Waals surface area contributed by atoms with Gasteiger partial charge < -0.3 is 10.3 Å². The zero-order valence-corrected chi connectivity index (χ0v) is 13.9. The SMILES string of the molecule is CCC(CC)n1ncc(C(=O)Nc2n[nH]c3[nH]c(=O)ccc23)c1C. The first-order valence-electron chi connectivity index (χ1n) is 7.98. The van der Waals surface area contributed by atoms with E-state index in [0.717, 1.165) is 18.5 Å². The van der Waals surface area contributed by atoms with Gasteiger partial charge in [-0.05, 0) is 25.8 Å². The number of rotatable bonds is 5. The topological polar surface area (TPSA) is 108 Å². The quantitative estimate of drug-likeness (QED) is 0.668. The van der Waals surface area contributed by atoms with E-state index in [-0.39, 0.29) is 17.5 Å². The predicted octanol–water partition coefficient (Wildman–Crippen LogP) is 2.37. The Balaban J connectivity index is 1.88. The highest BCUT2D eigenvalue weighted by Crippen LogP contribution is 2.21. The molecule has 0 saturated carbocycles. The smallest absolute Gasteiger partial charge is 0.260 e. The molecule has 3 aromatic heterocycles. The summed E-state index contributed by atoms with van der Waals surface area (Å²) in [6, 6.07) is 3.29. The number of anilines is 1. The average Bonchev–Trinajstić information content (AvgIpc) is 3.13. The van der Waals surface area contributed by atoms with Crippen molar-refractivity contribution in [2.75, 3.05) is 5.32 Å². The number of nitrogens with one attached hydrogen (secondary N) is 3. The Bertz CT molecular complexity index is 932. The summed E-state index contributed by atoms with van der Waals surface area (Å²) in [7, 11) is 0. The molecule has 0 atom stereocenters. The van der Waals surface area contributed by atoms with Crippen molar-refractivity contribution in [3.05, 3.63) is 39.9 Å². The fourth-order valence-corrected chi connectivity index (χ4v) is 2.85. The van der Waals surface area contributed by atoms with Crippen LogP contribution in [0.4, 0.5) is 5.82 Å². The molecule has 126 valence electrons. The number of hydrogen-bond acceptors (Lipinski definition) is 4. The molecule has 1 amide bonds. The van der Waals surface area contributed by atoms with E-state index in [4.69, 9.17) is 0 Å². The van der Waals surface area contributed by atoms with Gasteiger partial charge in [0.2, 0.25) is 5.56 Å². The molecule has 3 N–H and O–H groups in total. The summed E-state index contributed by atoms with van der Waals surface area (Å²) in [5.74, 6) is 0.102. The summed E-state index contributed by atoms with van der Waals surface area (Å²) in [6.45, 7) is 6.09. The second-order valence-corrected chi connectivity index (χ2v) is 5.70. The first-order valence-corrected chi connectivity index (χ1v) is 7.98.